The summed E-state index contributed by atoms with van der Waals surface area (Å²) in [7, 11) is 0. The summed E-state index contributed by atoms with van der Waals surface area (Å²) < 4.78 is 1.28. The molecule has 2 nitrogen and oxygen atoms in total. The van der Waals surface area contributed by atoms with Crippen LogP contribution in [0.5, 0.6) is 0 Å². The first kappa shape index (κ1) is 14.3. The van der Waals surface area contributed by atoms with Gasteiger partial charge in [0.15, 0.2) is 0 Å². The van der Waals surface area contributed by atoms with Gasteiger partial charge in [0.2, 0.25) is 0 Å². The minimum atomic E-state index is 0.491. The highest BCUT2D eigenvalue weighted by atomic mass is 35.5. The largest absolute Gasteiger partial charge is 0.329 e. The van der Waals surface area contributed by atoms with Crippen LogP contribution in [-0.2, 0) is 6.54 Å². The Kier molecular flexibility index (Phi) is 4.32. The molecule has 4 heteroatoms. The molecule has 1 fully saturated rings. The van der Waals surface area contributed by atoms with Crippen molar-refractivity contribution in [2.45, 2.75) is 32.4 Å². The first-order chi connectivity index (χ1) is 9.70. The lowest BCUT2D eigenvalue weighted by Crippen LogP contribution is -2.47. The Morgan fingerprint density at radius 1 is 1.40 bits per heavy atom. The summed E-state index contributed by atoms with van der Waals surface area (Å²) in [5, 5.41) is 2.11. The summed E-state index contributed by atoms with van der Waals surface area (Å²) >= 11 is 8.37. The fourth-order valence-corrected chi connectivity index (χ4v) is 4.78. The number of thiophene rings is 1. The fourth-order valence-electron chi connectivity index (χ4n) is 3.26. The zero-order valence-electron chi connectivity index (χ0n) is 11.8. The Bertz CT molecular complexity index is 595. The second-order valence-corrected chi connectivity index (χ2v) is 7.24. The van der Waals surface area contributed by atoms with Crippen LogP contribution in [0, 0.1) is 5.92 Å². The van der Waals surface area contributed by atoms with E-state index in [1.165, 1.54) is 27.8 Å². The lowest BCUT2D eigenvalue weighted by atomic mass is 9.91. The van der Waals surface area contributed by atoms with Gasteiger partial charge in [0.05, 0.1) is 5.02 Å². The van der Waals surface area contributed by atoms with Crippen molar-refractivity contribution in [1.82, 2.24) is 4.90 Å². The molecule has 2 N–H and O–H groups in total. The van der Waals surface area contributed by atoms with E-state index < -0.39 is 0 Å². The summed E-state index contributed by atoms with van der Waals surface area (Å²) in [6, 6.07) is 8.87. The van der Waals surface area contributed by atoms with Gasteiger partial charge in [-0.3, -0.25) is 4.90 Å². The number of hydrogen-bond acceptors (Lipinski definition) is 3. The summed E-state index contributed by atoms with van der Waals surface area (Å²) in [4.78, 5) is 3.80. The second-order valence-electron chi connectivity index (χ2n) is 5.73. The van der Waals surface area contributed by atoms with E-state index in [1.54, 1.807) is 0 Å². The molecule has 0 radical (unpaired) electrons. The average Bonchev–Trinajstić information content (AvgIpc) is 2.76. The smallest absolute Gasteiger partial charge is 0.0637 e. The molecule has 108 valence electrons. The van der Waals surface area contributed by atoms with Crippen molar-refractivity contribution >= 4 is 33.0 Å². The fraction of sp³-hybridized carbons (Fsp3) is 0.500. The lowest BCUT2D eigenvalue weighted by molar-refractivity contribution is 0.100. The van der Waals surface area contributed by atoms with Crippen LogP contribution in [-0.4, -0.2) is 24.0 Å². The molecule has 2 aromatic rings. The van der Waals surface area contributed by atoms with Crippen molar-refractivity contribution in [2.75, 3.05) is 13.1 Å². The van der Waals surface area contributed by atoms with Gasteiger partial charge < -0.3 is 5.73 Å². The van der Waals surface area contributed by atoms with Crippen molar-refractivity contribution in [3.8, 4) is 0 Å². The predicted octanol–water partition coefficient (Wildman–Crippen LogP) is 4.11. The second kappa shape index (κ2) is 6.02. The number of likely N-dealkylation sites (tertiary alicyclic amines) is 1. The molecule has 3 rings (SSSR count). The topological polar surface area (TPSA) is 29.3 Å². The van der Waals surface area contributed by atoms with E-state index in [0.29, 0.717) is 12.0 Å². The van der Waals surface area contributed by atoms with Crippen LogP contribution >= 0.6 is 22.9 Å². The molecule has 1 aliphatic heterocycles. The Balaban J connectivity index is 1.86. The van der Waals surface area contributed by atoms with Crippen LogP contribution in [0.2, 0.25) is 5.02 Å². The van der Waals surface area contributed by atoms with Gasteiger partial charge in [-0.15, -0.1) is 11.3 Å². The summed E-state index contributed by atoms with van der Waals surface area (Å²) in [5.74, 6) is 0.682. The van der Waals surface area contributed by atoms with Crippen molar-refractivity contribution in [2.24, 2.45) is 11.7 Å². The highest BCUT2D eigenvalue weighted by Gasteiger charge is 2.28. The maximum Gasteiger partial charge on any atom is 0.0637 e. The molecule has 1 aromatic heterocycles. The Morgan fingerprint density at radius 3 is 2.95 bits per heavy atom. The van der Waals surface area contributed by atoms with E-state index in [4.69, 9.17) is 17.3 Å². The molecule has 0 saturated carbocycles. The molecule has 0 bridgehead atoms. The molecular formula is C16H21ClN2S. The van der Waals surface area contributed by atoms with Gasteiger partial charge in [-0.1, -0.05) is 36.7 Å². The van der Waals surface area contributed by atoms with E-state index >= 15 is 0 Å². The maximum absolute atomic E-state index is 6.56. The van der Waals surface area contributed by atoms with E-state index in [-0.39, 0.29) is 0 Å². The van der Waals surface area contributed by atoms with Gasteiger partial charge in [0.1, 0.15) is 0 Å². The molecule has 2 atom stereocenters. The number of rotatable bonds is 3. The van der Waals surface area contributed by atoms with E-state index in [0.717, 1.165) is 24.7 Å². The Morgan fingerprint density at radius 2 is 2.20 bits per heavy atom. The number of piperidine rings is 1. The van der Waals surface area contributed by atoms with E-state index in [9.17, 15) is 0 Å². The number of fused-ring (bicyclic) bond motifs is 1. The monoisotopic (exact) mass is 308 g/mol. The number of nitrogens with zero attached hydrogens (tertiary/aromatic N) is 1. The Labute approximate surface area is 129 Å². The van der Waals surface area contributed by atoms with Crippen molar-refractivity contribution in [1.29, 1.82) is 0 Å². The molecule has 20 heavy (non-hydrogen) atoms. The zero-order chi connectivity index (χ0) is 14.1. The zero-order valence-corrected chi connectivity index (χ0v) is 13.4. The molecule has 0 amide bonds. The first-order valence-electron chi connectivity index (χ1n) is 7.30. The van der Waals surface area contributed by atoms with Crippen LogP contribution in [0.15, 0.2) is 24.3 Å². The van der Waals surface area contributed by atoms with E-state index in [2.05, 4.69) is 36.1 Å². The molecular weight excluding hydrogens is 288 g/mol. The third-order valence-corrected chi connectivity index (χ3v) is 6.12. The van der Waals surface area contributed by atoms with Crippen LogP contribution in [0.4, 0.5) is 0 Å². The van der Waals surface area contributed by atoms with Gasteiger partial charge in [0.25, 0.3) is 0 Å². The molecule has 2 unspecified atom stereocenters. The van der Waals surface area contributed by atoms with Gasteiger partial charge in [-0.2, -0.15) is 0 Å². The minimum Gasteiger partial charge on any atom is -0.329 e. The molecule has 2 heterocycles. The number of benzene rings is 1. The number of halogens is 1. The quantitative estimate of drug-likeness (QED) is 0.924. The normalized spacial score (nSPS) is 24.4. The SMILES string of the molecule is CC1CCCN(Cc2sc3ccccc3c2Cl)C1CN. The van der Waals surface area contributed by atoms with Gasteiger partial charge in [0, 0.05) is 34.1 Å². The van der Waals surface area contributed by atoms with Crippen molar-refractivity contribution in [3.05, 3.63) is 34.2 Å². The van der Waals surface area contributed by atoms with Gasteiger partial charge >= 0.3 is 0 Å². The summed E-state index contributed by atoms with van der Waals surface area (Å²) in [6.07, 6.45) is 2.55. The number of nitrogens with two attached hydrogens (primary N) is 1. The van der Waals surface area contributed by atoms with E-state index in [1.807, 2.05) is 11.3 Å². The first-order valence-corrected chi connectivity index (χ1v) is 8.50. The van der Waals surface area contributed by atoms with Gasteiger partial charge in [-0.05, 0) is 31.4 Å². The third-order valence-electron chi connectivity index (χ3n) is 4.42. The maximum atomic E-state index is 6.56. The summed E-state index contributed by atoms with van der Waals surface area (Å²) in [5.41, 5.74) is 5.98. The van der Waals surface area contributed by atoms with Crippen molar-refractivity contribution in [3.63, 3.8) is 0 Å². The van der Waals surface area contributed by atoms with Crippen LogP contribution in [0.1, 0.15) is 24.6 Å². The predicted molar refractivity (Wildman–Crippen MR) is 88.5 cm³/mol. The minimum absolute atomic E-state index is 0.491. The molecule has 0 aliphatic carbocycles. The molecule has 0 spiro atoms. The standard InChI is InChI=1S/C16H21ClN2S/c1-11-5-4-8-19(13(11)9-18)10-15-16(17)12-6-2-3-7-14(12)20-15/h2-3,6-7,11,13H,4-5,8-10,18H2,1H3. The highest BCUT2D eigenvalue weighted by molar-refractivity contribution is 7.19. The van der Waals surface area contributed by atoms with Gasteiger partial charge in [-0.25, -0.2) is 0 Å². The molecule has 1 aromatic carbocycles. The van der Waals surface area contributed by atoms with Crippen LogP contribution in [0.25, 0.3) is 10.1 Å². The van der Waals surface area contributed by atoms with Crippen LogP contribution in [0.3, 0.4) is 0 Å². The number of hydrogen-bond donors (Lipinski definition) is 1. The third kappa shape index (κ3) is 2.60. The summed E-state index contributed by atoms with van der Waals surface area (Å²) in [6.45, 7) is 5.13. The average molecular weight is 309 g/mol. The lowest BCUT2D eigenvalue weighted by Gasteiger charge is -2.39. The van der Waals surface area contributed by atoms with Crippen LogP contribution < -0.4 is 5.73 Å². The molecule has 1 saturated heterocycles. The molecule has 1 aliphatic rings. The van der Waals surface area contributed by atoms with Crippen molar-refractivity contribution < 1.29 is 0 Å². The highest BCUT2D eigenvalue weighted by Crippen LogP contribution is 2.37. The Hall–Kier alpha value is -0.610.